The minimum Gasteiger partial charge on any atom is -0.356 e. The Morgan fingerprint density at radius 1 is 1.41 bits per heavy atom. The van der Waals surface area contributed by atoms with Gasteiger partial charge in [0.05, 0.1) is 0 Å². The van der Waals surface area contributed by atoms with Crippen LogP contribution in [0.2, 0.25) is 0 Å². The molecule has 1 saturated heterocycles. The van der Waals surface area contributed by atoms with Gasteiger partial charge in [0.1, 0.15) is 0 Å². The molecule has 1 aromatic heterocycles. The summed E-state index contributed by atoms with van der Waals surface area (Å²) in [5.74, 6) is 1.55. The van der Waals surface area contributed by atoms with Crippen molar-refractivity contribution in [2.45, 2.75) is 45.8 Å². The van der Waals surface area contributed by atoms with Gasteiger partial charge in [0.25, 0.3) is 0 Å². The molecule has 2 N–H and O–H groups in total. The third kappa shape index (κ3) is 4.73. The number of hydrogen-bond donors (Lipinski definition) is 2. The van der Waals surface area contributed by atoms with Crippen molar-refractivity contribution in [1.29, 1.82) is 0 Å². The van der Waals surface area contributed by atoms with Crippen molar-refractivity contribution in [3.8, 4) is 0 Å². The van der Waals surface area contributed by atoms with E-state index in [-0.39, 0.29) is 0 Å². The second kappa shape index (κ2) is 8.17. The van der Waals surface area contributed by atoms with E-state index in [0.29, 0.717) is 18.0 Å². The maximum Gasteiger partial charge on any atom is 0.191 e. The zero-order chi connectivity index (χ0) is 15.9. The third-order valence-electron chi connectivity index (χ3n) is 4.33. The highest BCUT2D eigenvalue weighted by atomic mass is 15.3. The molecule has 0 amide bonds. The van der Waals surface area contributed by atoms with E-state index in [1.165, 1.54) is 0 Å². The normalized spacial score (nSPS) is 23.2. The van der Waals surface area contributed by atoms with E-state index >= 15 is 0 Å². The average Bonchev–Trinajstić information content (AvgIpc) is 3.12. The number of aromatic nitrogens is 2. The first kappa shape index (κ1) is 16.8. The number of rotatable bonds is 6. The maximum absolute atomic E-state index is 4.34. The Bertz CT molecular complexity index is 453. The molecule has 2 rings (SSSR count). The molecule has 2 heterocycles. The first-order chi connectivity index (χ1) is 10.6. The van der Waals surface area contributed by atoms with Gasteiger partial charge in [-0.3, -0.25) is 14.6 Å². The summed E-state index contributed by atoms with van der Waals surface area (Å²) < 4.78 is 1.96. The fourth-order valence-electron chi connectivity index (χ4n) is 2.86. The van der Waals surface area contributed by atoms with E-state index in [9.17, 15) is 0 Å². The van der Waals surface area contributed by atoms with Crippen LogP contribution in [0.1, 0.15) is 27.2 Å². The molecule has 6 nitrogen and oxygen atoms in total. The van der Waals surface area contributed by atoms with Gasteiger partial charge in [-0.2, -0.15) is 5.10 Å². The molecule has 0 bridgehead atoms. The van der Waals surface area contributed by atoms with Gasteiger partial charge in [-0.15, -0.1) is 0 Å². The lowest BCUT2D eigenvalue weighted by Gasteiger charge is -2.22. The highest BCUT2D eigenvalue weighted by Gasteiger charge is 2.31. The van der Waals surface area contributed by atoms with Crippen LogP contribution in [0, 0.1) is 5.92 Å². The number of likely N-dealkylation sites (tertiary alicyclic amines) is 1. The van der Waals surface area contributed by atoms with Crippen LogP contribution in [0.5, 0.6) is 0 Å². The molecule has 124 valence electrons. The molecule has 2 unspecified atom stereocenters. The SMILES string of the molecule is CN=C(NCCCn1cccn1)NC1CN(C(C)C)CC1C. The van der Waals surface area contributed by atoms with Gasteiger partial charge in [0.15, 0.2) is 5.96 Å². The topological polar surface area (TPSA) is 57.5 Å². The van der Waals surface area contributed by atoms with E-state index in [0.717, 1.165) is 38.6 Å². The predicted molar refractivity (Wildman–Crippen MR) is 91.0 cm³/mol. The summed E-state index contributed by atoms with van der Waals surface area (Å²) in [5.41, 5.74) is 0. The molecular weight excluding hydrogens is 276 g/mol. The molecule has 0 aliphatic carbocycles. The van der Waals surface area contributed by atoms with Crippen LogP contribution in [-0.4, -0.2) is 59.4 Å². The van der Waals surface area contributed by atoms with Crippen molar-refractivity contribution in [2.24, 2.45) is 10.9 Å². The summed E-state index contributed by atoms with van der Waals surface area (Å²) in [7, 11) is 1.84. The summed E-state index contributed by atoms with van der Waals surface area (Å²) in [6, 6.07) is 3.04. The van der Waals surface area contributed by atoms with Crippen molar-refractivity contribution in [3.05, 3.63) is 18.5 Å². The number of hydrogen-bond acceptors (Lipinski definition) is 3. The molecule has 0 saturated carbocycles. The van der Waals surface area contributed by atoms with Gasteiger partial charge < -0.3 is 10.6 Å². The summed E-state index contributed by atoms with van der Waals surface area (Å²) in [6.45, 7) is 10.9. The predicted octanol–water partition coefficient (Wildman–Crippen LogP) is 1.17. The standard InChI is InChI=1S/C16H30N6/c1-13(2)21-11-14(3)15(12-21)20-16(17-4)18-7-5-9-22-10-6-8-19-22/h6,8,10,13-15H,5,7,9,11-12H2,1-4H3,(H2,17,18,20). The van der Waals surface area contributed by atoms with E-state index in [2.05, 4.69) is 46.4 Å². The Hall–Kier alpha value is -1.56. The van der Waals surface area contributed by atoms with Crippen molar-refractivity contribution in [2.75, 3.05) is 26.7 Å². The van der Waals surface area contributed by atoms with Gasteiger partial charge >= 0.3 is 0 Å². The van der Waals surface area contributed by atoms with E-state index in [1.807, 2.05) is 30.2 Å². The van der Waals surface area contributed by atoms with E-state index in [1.54, 1.807) is 0 Å². The Morgan fingerprint density at radius 3 is 2.82 bits per heavy atom. The molecule has 1 aliphatic rings. The molecule has 22 heavy (non-hydrogen) atoms. The number of nitrogens with zero attached hydrogens (tertiary/aromatic N) is 4. The lowest BCUT2D eigenvalue weighted by Crippen LogP contribution is -2.47. The number of aliphatic imine (C=N–C) groups is 1. The first-order valence-electron chi connectivity index (χ1n) is 8.28. The molecule has 0 aromatic carbocycles. The smallest absolute Gasteiger partial charge is 0.191 e. The van der Waals surface area contributed by atoms with Gasteiger partial charge in [-0.1, -0.05) is 6.92 Å². The zero-order valence-electron chi connectivity index (χ0n) is 14.3. The van der Waals surface area contributed by atoms with Crippen LogP contribution in [0.15, 0.2) is 23.5 Å². The fourth-order valence-corrected chi connectivity index (χ4v) is 2.86. The monoisotopic (exact) mass is 306 g/mol. The minimum absolute atomic E-state index is 0.472. The highest BCUT2D eigenvalue weighted by molar-refractivity contribution is 5.80. The largest absolute Gasteiger partial charge is 0.356 e. The number of nitrogens with one attached hydrogen (secondary N) is 2. The van der Waals surface area contributed by atoms with Crippen molar-refractivity contribution in [1.82, 2.24) is 25.3 Å². The number of aryl methyl sites for hydroxylation is 1. The molecule has 1 aromatic rings. The van der Waals surface area contributed by atoms with E-state index < -0.39 is 0 Å². The first-order valence-corrected chi connectivity index (χ1v) is 8.28. The maximum atomic E-state index is 4.34. The molecule has 0 spiro atoms. The zero-order valence-corrected chi connectivity index (χ0v) is 14.3. The van der Waals surface area contributed by atoms with Crippen molar-refractivity contribution in [3.63, 3.8) is 0 Å². The average molecular weight is 306 g/mol. The quantitative estimate of drug-likeness (QED) is 0.470. The van der Waals surface area contributed by atoms with Gasteiger partial charge in [0.2, 0.25) is 0 Å². The highest BCUT2D eigenvalue weighted by Crippen LogP contribution is 2.18. The van der Waals surface area contributed by atoms with Crippen LogP contribution in [0.4, 0.5) is 0 Å². The van der Waals surface area contributed by atoms with Crippen molar-refractivity contribution >= 4 is 5.96 Å². The molecule has 2 atom stereocenters. The third-order valence-corrected chi connectivity index (χ3v) is 4.33. The minimum atomic E-state index is 0.472. The summed E-state index contributed by atoms with van der Waals surface area (Å²) in [5, 5.41) is 11.2. The molecule has 1 aliphatic heterocycles. The van der Waals surface area contributed by atoms with Crippen LogP contribution < -0.4 is 10.6 Å². The van der Waals surface area contributed by atoms with Crippen LogP contribution in [0.3, 0.4) is 0 Å². The fraction of sp³-hybridized carbons (Fsp3) is 0.750. The second-order valence-electron chi connectivity index (χ2n) is 6.40. The van der Waals surface area contributed by atoms with Crippen LogP contribution >= 0.6 is 0 Å². The van der Waals surface area contributed by atoms with Gasteiger partial charge in [-0.05, 0) is 32.3 Å². The summed E-state index contributed by atoms with van der Waals surface area (Å²) in [6.07, 6.45) is 4.84. The Balaban J connectivity index is 1.71. The lowest BCUT2D eigenvalue weighted by atomic mass is 10.1. The Kier molecular flexibility index (Phi) is 6.24. The second-order valence-corrected chi connectivity index (χ2v) is 6.40. The van der Waals surface area contributed by atoms with Gasteiger partial charge in [0, 0.05) is 57.7 Å². The molecule has 0 radical (unpaired) electrons. The molecular formula is C16H30N6. The molecule has 1 fully saturated rings. The molecule has 6 heteroatoms. The Labute approximate surface area is 134 Å². The van der Waals surface area contributed by atoms with Crippen molar-refractivity contribution < 1.29 is 0 Å². The summed E-state index contributed by atoms with van der Waals surface area (Å²) >= 11 is 0. The van der Waals surface area contributed by atoms with Gasteiger partial charge in [-0.25, -0.2) is 0 Å². The summed E-state index contributed by atoms with van der Waals surface area (Å²) in [4.78, 5) is 6.87. The Morgan fingerprint density at radius 2 is 2.23 bits per heavy atom. The lowest BCUT2D eigenvalue weighted by molar-refractivity contribution is 0.265. The van der Waals surface area contributed by atoms with Crippen LogP contribution in [0.25, 0.3) is 0 Å². The van der Waals surface area contributed by atoms with Crippen LogP contribution in [-0.2, 0) is 6.54 Å². The van der Waals surface area contributed by atoms with E-state index in [4.69, 9.17) is 0 Å². The number of guanidine groups is 1.